The van der Waals surface area contributed by atoms with Gasteiger partial charge in [0.2, 0.25) is 5.91 Å². The van der Waals surface area contributed by atoms with E-state index in [0.29, 0.717) is 33.7 Å². The highest BCUT2D eigenvalue weighted by molar-refractivity contribution is 6.37. The molecule has 2 atom stereocenters. The summed E-state index contributed by atoms with van der Waals surface area (Å²) in [7, 11) is 0. The minimum absolute atomic E-state index is 0.0260. The largest absolute Gasteiger partial charge is 0.373 e. The van der Waals surface area contributed by atoms with Crippen LogP contribution in [0.1, 0.15) is 32.3 Å². The van der Waals surface area contributed by atoms with Crippen molar-refractivity contribution in [2.75, 3.05) is 32.7 Å². The quantitative estimate of drug-likeness (QED) is 0.691. The van der Waals surface area contributed by atoms with E-state index >= 15 is 0 Å². The normalized spacial score (nSPS) is 25.3. The molecule has 2 aliphatic rings. The Morgan fingerprint density at radius 3 is 2.33 bits per heavy atom. The number of amides is 1. The number of halogens is 2. The van der Waals surface area contributed by atoms with Gasteiger partial charge in [-0.3, -0.25) is 9.69 Å². The van der Waals surface area contributed by atoms with Crippen LogP contribution in [0, 0.1) is 5.92 Å². The van der Waals surface area contributed by atoms with E-state index in [-0.39, 0.29) is 5.91 Å². The van der Waals surface area contributed by atoms with Crippen LogP contribution in [0.2, 0.25) is 10.0 Å². The second-order valence-electron chi connectivity index (χ2n) is 7.71. The minimum Gasteiger partial charge on any atom is -0.373 e. The predicted molar refractivity (Wildman–Crippen MR) is 111 cm³/mol. The van der Waals surface area contributed by atoms with Crippen molar-refractivity contribution in [3.05, 3.63) is 39.9 Å². The zero-order valence-corrected chi connectivity index (χ0v) is 17.5. The van der Waals surface area contributed by atoms with E-state index in [9.17, 15) is 4.79 Å². The summed E-state index contributed by atoms with van der Waals surface area (Å²) in [6, 6.07) is 5.34. The van der Waals surface area contributed by atoms with E-state index < -0.39 is 0 Å². The molecule has 6 heteroatoms. The first-order chi connectivity index (χ1) is 12.9. The number of benzene rings is 1. The molecule has 2 fully saturated rings. The fourth-order valence-corrected chi connectivity index (χ4v) is 4.59. The summed E-state index contributed by atoms with van der Waals surface area (Å²) in [6.45, 7) is 9.00. The van der Waals surface area contributed by atoms with Gasteiger partial charge >= 0.3 is 0 Å². The second kappa shape index (κ2) is 9.42. The zero-order valence-electron chi connectivity index (χ0n) is 16.0. The lowest BCUT2D eigenvalue weighted by Gasteiger charge is -2.39. The van der Waals surface area contributed by atoms with Crippen molar-refractivity contribution >= 4 is 35.2 Å². The number of ether oxygens (including phenoxy) is 1. The Labute approximate surface area is 172 Å². The molecule has 0 aromatic heterocycles. The summed E-state index contributed by atoms with van der Waals surface area (Å²) in [6.07, 6.45) is 6.00. The van der Waals surface area contributed by atoms with Gasteiger partial charge in [-0.25, -0.2) is 0 Å². The topological polar surface area (TPSA) is 32.8 Å². The van der Waals surface area contributed by atoms with Crippen LogP contribution >= 0.6 is 23.2 Å². The average Bonchev–Trinajstić information content (AvgIpc) is 2.61. The molecule has 0 bridgehead atoms. The molecule has 3 rings (SSSR count). The van der Waals surface area contributed by atoms with Crippen molar-refractivity contribution in [3.63, 3.8) is 0 Å². The molecule has 0 radical (unpaired) electrons. The van der Waals surface area contributed by atoms with E-state index in [4.69, 9.17) is 27.9 Å². The van der Waals surface area contributed by atoms with Crippen molar-refractivity contribution in [1.82, 2.24) is 9.80 Å². The van der Waals surface area contributed by atoms with E-state index in [2.05, 4.69) is 18.7 Å². The summed E-state index contributed by atoms with van der Waals surface area (Å²) in [4.78, 5) is 16.9. The SMILES string of the molecule is CC1CN(CC2CCN(C(=O)/C=C/c3c(Cl)cccc3Cl)CC2)CC(C)O1. The molecule has 2 aliphatic heterocycles. The number of rotatable bonds is 4. The van der Waals surface area contributed by atoms with Crippen LogP contribution in [-0.2, 0) is 9.53 Å². The molecule has 27 heavy (non-hydrogen) atoms. The number of morpholine rings is 1. The fourth-order valence-electron chi connectivity index (χ4n) is 4.06. The second-order valence-corrected chi connectivity index (χ2v) is 8.53. The van der Waals surface area contributed by atoms with Crippen molar-refractivity contribution in [3.8, 4) is 0 Å². The molecule has 0 spiro atoms. The average molecular weight is 411 g/mol. The number of carbonyl (C=O) groups excluding carboxylic acids is 1. The lowest BCUT2D eigenvalue weighted by molar-refractivity contribution is -0.127. The third kappa shape index (κ3) is 5.71. The lowest BCUT2D eigenvalue weighted by atomic mass is 9.95. The molecule has 1 aromatic rings. The standard InChI is InChI=1S/C21H28Cl2N2O2/c1-15-12-24(13-16(2)27-15)14-17-8-10-25(11-9-17)21(26)7-6-18-19(22)4-3-5-20(18)23/h3-7,15-17H,8-14H2,1-2H3/b7-6+. The maximum absolute atomic E-state index is 12.5. The van der Waals surface area contributed by atoms with Crippen molar-refractivity contribution < 1.29 is 9.53 Å². The highest BCUT2D eigenvalue weighted by Gasteiger charge is 2.27. The Balaban J connectivity index is 1.48. The molecule has 4 nitrogen and oxygen atoms in total. The highest BCUT2D eigenvalue weighted by Crippen LogP contribution is 2.26. The molecular formula is C21H28Cl2N2O2. The van der Waals surface area contributed by atoms with Crippen molar-refractivity contribution in [1.29, 1.82) is 0 Å². The zero-order chi connectivity index (χ0) is 19.4. The van der Waals surface area contributed by atoms with Gasteiger partial charge in [0, 0.05) is 54.4 Å². The molecule has 2 unspecified atom stereocenters. The number of piperidine rings is 1. The predicted octanol–water partition coefficient (Wildman–Crippen LogP) is 4.35. The lowest BCUT2D eigenvalue weighted by Crippen LogP contribution is -2.48. The van der Waals surface area contributed by atoms with Gasteiger partial charge in [-0.05, 0) is 50.8 Å². The molecule has 0 aliphatic carbocycles. The highest BCUT2D eigenvalue weighted by atomic mass is 35.5. The molecular weight excluding hydrogens is 383 g/mol. The van der Waals surface area contributed by atoms with Crippen LogP contribution in [0.25, 0.3) is 6.08 Å². The first kappa shape index (κ1) is 20.7. The van der Waals surface area contributed by atoms with Crippen LogP contribution in [0.3, 0.4) is 0 Å². The van der Waals surface area contributed by atoms with Gasteiger partial charge in [-0.2, -0.15) is 0 Å². The maximum atomic E-state index is 12.5. The van der Waals surface area contributed by atoms with Gasteiger partial charge in [0.25, 0.3) is 0 Å². The number of likely N-dealkylation sites (tertiary alicyclic amines) is 1. The van der Waals surface area contributed by atoms with Gasteiger partial charge in [0.05, 0.1) is 12.2 Å². The van der Waals surface area contributed by atoms with Gasteiger partial charge in [-0.15, -0.1) is 0 Å². The summed E-state index contributed by atoms with van der Waals surface area (Å²) in [5, 5.41) is 1.11. The van der Waals surface area contributed by atoms with E-state index in [1.54, 1.807) is 30.4 Å². The molecule has 1 amide bonds. The van der Waals surface area contributed by atoms with Crippen LogP contribution in [0.4, 0.5) is 0 Å². The van der Waals surface area contributed by atoms with Gasteiger partial charge in [0.1, 0.15) is 0 Å². The number of hydrogen-bond donors (Lipinski definition) is 0. The molecule has 148 valence electrons. The Kier molecular flexibility index (Phi) is 7.21. The molecule has 0 N–H and O–H groups in total. The van der Waals surface area contributed by atoms with Crippen LogP contribution in [0.15, 0.2) is 24.3 Å². The number of nitrogens with zero attached hydrogens (tertiary/aromatic N) is 2. The van der Waals surface area contributed by atoms with Crippen molar-refractivity contribution in [2.24, 2.45) is 5.92 Å². The van der Waals surface area contributed by atoms with Gasteiger partial charge in [0.15, 0.2) is 0 Å². The molecule has 2 saturated heterocycles. The van der Waals surface area contributed by atoms with Crippen LogP contribution in [0.5, 0.6) is 0 Å². The number of hydrogen-bond acceptors (Lipinski definition) is 3. The van der Waals surface area contributed by atoms with E-state index in [1.165, 1.54) is 0 Å². The van der Waals surface area contributed by atoms with Gasteiger partial charge < -0.3 is 9.64 Å². The summed E-state index contributed by atoms with van der Waals surface area (Å²) >= 11 is 12.3. The maximum Gasteiger partial charge on any atom is 0.246 e. The van der Waals surface area contributed by atoms with Gasteiger partial charge in [-0.1, -0.05) is 29.3 Å². The third-order valence-electron chi connectivity index (χ3n) is 5.33. The first-order valence-corrected chi connectivity index (χ1v) is 10.5. The van der Waals surface area contributed by atoms with Crippen LogP contribution < -0.4 is 0 Å². The van der Waals surface area contributed by atoms with Crippen LogP contribution in [-0.4, -0.2) is 60.6 Å². The smallest absolute Gasteiger partial charge is 0.246 e. The van der Waals surface area contributed by atoms with Crippen molar-refractivity contribution in [2.45, 2.75) is 38.9 Å². The molecule has 1 aromatic carbocycles. The minimum atomic E-state index is 0.0260. The van der Waals surface area contributed by atoms with E-state index in [0.717, 1.165) is 45.6 Å². The fraction of sp³-hybridized carbons (Fsp3) is 0.571. The summed E-state index contributed by atoms with van der Waals surface area (Å²) in [5.74, 6) is 0.673. The molecule has 0 saturated carbocycles. The molecule has 2 heterocycles. The Hall–Kier alpha value is -1.07. The first-order valence-electron chi connectivity index (χ1n) is 9.71. The Bertz CT molecular complexity index is 657. The van der Waals surface area contributed by atoms with E-state index in [1.807, 2.05) is 4.90 Å². The Morgan fingerprint density at radius 1 is 1.15 bits per heavy atom. The monoisotopic (exact) mass is 410 g/mol. The summed E-state index contributed by atoms with van der Waals surface area (Å²) in [5.41, 5.74) is 0.694. The Morgan fingerprint density at radius 2 is 1.74 bits per heavy atom. The third-order valence-corrected chi connectivity index (χ3v) is 5.99. The number of carbonyl (C=O) groups is 1. The summed E-state index contributed by atoms with van der Waals surface area (Å²) < 4.78 is 5.81.